The fraction of sp³-hybridized carbons (Fsp3) is 0.438. The van der Waals surface area contributed by atoms with Gasteiger partial charge in [0.05, 0.1) is 18.6 Å². The number of carbonyl (C=O) groups excluding carboxylic acids is 1. The number of methoxy groups -OCH3 is 1. The van der Waals surface area contributed by atoms with Crippen molar-refractivity contribution in [3.05, 3.63) is 42.0 Å². The molecule has 1 rings (SSSR count). The first-order valence-electron chi connectivity index (χ1n) is 7.13. The van der Waals surface area contributed by atoms with Gasteiger partial charge in [-0.3, -0.25) is 8.98 Å². The molecule has 0 amide bonds. The van der Waals surface area contributed by atoms with E-state index < -0.39 is 10.1 Å². The third-order valence-corrected chi connectivity index (χ3v) is 4.31. The van der Waals surface area contributed by atoms with Crippen LogP contribution >= 0.6 is 0 Å². The Labute approximate surface area is 132 Å². The normalized spacial score (nSPS) is 11.7. The first-order valence-corrected chi connectivity index (χ1v) is 8.54. The van der Waals surface area contributed by atoms with Crippen molar-refractivity contribution in [2.45, 2.75) is 37.5 Å². The molecule has 122 valence electrons. The highest BCUT2D eigenvalue weighted by molar-refractivity contribution is 7.86. The van der Waals surface area contributed by atoms with Gasteiger partial charge in [0, 0.05) is 6.42 Å². The van der Waals surface area contributed by atoms with Crippen LogP contribution < -0.4 is 0 Å². The van der Waals surface area contributed by atoms with Crippen molar-refractivity contribution in [3.63, 3.8) is 0 Å². The van der Waals surface area contributed by atoms with Crippen LogP contribution in [-0.2, 0) is 23.8 Å². The zero-order valence-corrected chi connectivity index (χ0v) is 13.8. The Morgan fingerprint density at radius 2 is 1.77 bits per heavy atom. The summed E-state index contributed by atoms with van der Waals surface area (Å²) >= 11 is 0. The number of hydrogen-bond acceptors (Lipinski definition) is 5. The van der Waals surface area contributed by atoms with E-state index in [1.807, 2.05) is 19.1 Å². The minimum atomic E-state index is -3.68. The van der Waals surface area contributed by atoms with Gasteiger partial charge in [-0.15, -0.1) is 0 Å². The first-order chi connectivity index (χ1) is 10.5. The summed E-state index contributed by atoms with van der Waals surface area (Å²) in [7, 11) is -2.32. The van der Waals surface area contributed by atoms with Gasteiger partial charge < -0.3 is 4.74 Å². The SMILES string of the molecule is COC(=O)CCCC=CCCOS(=O)(=O)c1ccc(C)cc1. The van der Waals surface area contributed by atoms with E-state index in [1.54, 1.807) is 12.1 Å². The van der Waals surface area contributed by atoms with Crippen LogP contribution in [0, 0.1) is 6.92 Å². The highest BCUT2D eigenvalue weighted by Crippen LogP contribution is 2.13. The van der Waals surface area contributed by atoms with Gasteiger partial charge in [0.25, 0.3) is 10.1 Å². The van der Waals surface area contributed by atoms with Crippen LogP contribution in [0.15, 0.2) is 41.3 Å². The van der Waals surface area contributed by atoms with E-state index >= 15 is 0 Å². The van der Waals surface area contributed by atoms with E-state index in [1.165, 1.54) is 19.2 Å². The molecule has 1 aromatic rings. The van der Waals surface area contributed by atoms with Crippen LogP contribution in [0.2, 0.25) is 0 Å². The molecule has 0 aliphatic carbocycles. The molecule has 0 aromatic heterocycles. The number of benzene rings is 1. The lowest BCUT2D eigenvalue weighted by molar-refractivity contribution is -0.140. The molecule has 0 fully saturated rings. The highest BCUT2D eigenvalue weighted by atomic mass is 32.2. The van der Waals surface area contributed by atoms with Crippen LogP contribution in [0.4, 0.5) is 0 Å². The van der Waals surface area contributed by atoms with Crippen LogP contribution in [-0.4, -0.2) is 28.1 Å². The van der Waals surface area contributed by atoms with Crippen molar-refractivity contribution < 1.29 is 22.1 Å². The van der Waals surface area contributed by atoms with Crippen molar-refractivity contribution >= 4 is 16.1 Å². The van der Waals surface area contributed by atoms with Crippen molar-refractivity contribution in [2.24, 2.45) is 0 Å². The Bertz CT molecular complexity index is 587. The lowest BCUT2D eigenvalue weighted by Gasteiger charge is -2.04. The van der Waals surface area contributed by atoms with Gasteiger partial charge >= 0.3 is 5.97 Å². The predicted molar refractivity (Wildman–Crippen MR) is 83.9 cm³/mol. The second-order valence-corrected chi connectivity index (χ2v) is 6.43. The molecule has 0 spiro atoms. The molecular formula is C16H22O5S. The van der Waals surface area contributed by atoms with Gasteiger partial charge in [-0.1, -0.05) is 29.8 Å². The topological polar surface area (TPSA) is 69.7 Å². The van der Waals surface area contributed by atoms with Gasteiger partial charge in [-0.2, -0.15) is 8.42 Å². The largest absolute Gasteiger partial charge is 0.469 e. The Hall–Kier alpha value is -1.66. The third-order valence-electron chi connectivity index (χ3n) is 2.98. The van der Waals surface area contributed by atoms with Crippen LogP contribution in [0.3, 0.4) is 0 Å². The molecule has 5 nitrogen and oxygen atoms in total. The van der Waals surface area contributed by atoms with Crippen LogP contribution in [0.25, 0.3) is 0 Å². The summed E-state index contributed by atoms with van der Waals surface area (Å²) in [6.07, 6.45) is 6.11. The number of carbonyl (C=O) groups is 1. The van der Waals surface area contributed by atoms with E-state index in [0.29, 0.717) is 19.3 Å². The zero-order chi connectivity index (χ0) is 16.4. The van der Waals surface area contributed by atoms with Gasteiger partial charge in [0.2, 0.25) is 0 Å². The molecule has 0 saturated carbocycles. The molecule has 0 unspecified atom stereocenters. The van der Waals surface area contributed by atoms with Gasteiger partial charge in [-0.25, -0.2) is 0 Å². The lowest BCUT2D eigenvalue weighted by atomic mass is 10.2. The number of aryl methyl sites for hydroxylation is 1. The molecule has 22 heavy (non-hydrogen) atoms. The second-order valence-electron chi connectivity index (χ2n) is 4.82. The molecule has 0 bridgehead atoms. The quantitative estimate of drug-likeness (QED) is 0.302. The van der Waals surface area contributed by atoms with E-state index in [2.05, 4.69) is 4.74 Å². The summed E-state index contributed by atoms with van der Waals surface area (Å²) in [4.78, 5) is 11.0. The van der Waals surface area contributed by atoms with E-state index in [4.69, 9.17) is 4.18 Å². The van der Waals surface area contributed by atoms with Gasteiger partial charge in [-0.05, 0) is 38.3 Å². The zero-order valence-electron chi connectivity index (χ0n) is 12.9. The summed E-state index contributed by atoms with van der Waals surface area (Å²) in [5.41, 5.74) is 0.994. The molecular weight excluding hydrogens is 304 g/mol. The number of unbranched alkanes of at least 4 members (excludes halogenated alkanes) is 1. The summed E-state index contributed by atoms with van der Waals surface area (Å²) in [5.74, 6) is -0.221. The fourth-order valence-electron chi connectivity index (χ4n) is 1.70. The Morgan fingerprint density at radius 1 is 1.14 bits per heavy atom. The third kappa shape index (κ3) is 6.87. The highest BCUT2D eigenvalue weighted by Gasteiger charge is 2.13. The average Bonchev–Trinajstić information content (AvgIpc) is 2.50. The number of esters is 1. The van der Waals surface area contributed by atoms with Crippen molar-refractivity contribution in [1.29, 1.82) is 0 Å². The standard InChI is InChI=1S/C16H22O5S/c1-14-9-11-15(12-10-14)22(18,19)21-13-7-5-3-4-6-8-16(17)20-2/h3,5,9-12H,4,6-8,13H2,1-2H3. The summed E-state index contributed by atoms with van der Waals surface area (Å²) in [6.45, 7) is 1.99. The maximum absolute atomic E-state index is 11.9. The summed E-state index contributed by atoms with van der Waals surface area (Å²) < 4.78 is 33.3. The Morgan fingerprint density at radius 3 is 2.41 bits per heavy atom. The minimum absolute atomic E-state index is 0.101. The monoisotopic (exact) mass is 326 g/mol. The van der Waals surface area contributed by atoms with Crippen LogP contribution in [0.5, 0.6) is 0 Å². The fourth-order valence-corrected chi connectivity index (χ4v) is 2.62. The number of ether oxygens (including phenoxy) is 1. The van der Waals surface area contributed by atoms with E-state index in [-0.39, 0.29) is 17.5 Å². The average molecular weight is 326 g/mol. The van der Waals surface area contributed by atoms with Crippen molar-refractivity contribution in [3.8, 4) is 0 Å². The first kappa shape index (κ1) is 18.4. The smallest absolute Gasteiger partial charge is 0.305 e. The maximum Gasteiger partial charge on any atom is 0.305 e. The molecule has 0 aliphatic heterocycles. The number of hydrogen-bond donors (Lipinski definition) is 0. The second kappa shape index (κ2) is 9.38. The predicted octanol–water partition coefficient (Wildman–Crippen LogP) is 2.99. The van der Waals surface area contributed by atoms with Crippen LogP contribution in [0.1, 0.15) is 31.2 Å². The molecule has 0 aliphatic rings. The molecule has 0 saturated heterocycles. The Kier molecular flexibility index (Phi) is 7.84. The number of allylic oxidation sites excluding steroid dienone is 1. The van der Waals surface area contributed by atoms with Gasteiger partial charge in [0.15, 0.2) is 0 Å². The molecule has 0 heterocycles. The molecule has 6 heteroatoms. The molecule has 0 atom stereocenters. The van der Waals surface area contributed by atoms with E-state index in [9.17, 15) is 13.2 Å². The Balaban J connectivity index is 2.26. The molecule has 0 radical (unpaired) electrons. The van der Waals surface area contributed by atoms with Crippen molar-refractivity contribution in [1.82, 2.24) is 0 Å². The molecule has 1 aromatic carbocycles. The lowest BCUT2D eigenvalue weighted by Crippen LogP contribution is -2.07. The molecule has 0 N–H and O–H groups in total. The summed E-state index contributed by atoms with van der Waals surface area (Å²) in [6, 6.07) is 6.54. The summed E-state index contributed by atoms with van der Waals surface area (Å²) in [5, 5.41) is 0. The maximum atomic E-state index is 11.9. The van der Waals surface area contributed by atoms with E-state index in [0.717, 1.165) is 12.0 Å². The number of rotatable bonds is 9. The van der Waals surface area contributed by atoms with Gasteiger partial charge in [0.1, 0.15) is 0 Å². The minimum Gasteiger partial charge on any atom is -0.469 e. The van der Waals surface area contributed by atoms with Crippen molar-refractivity contribution in [2.75, 3.05) is 13.7 Å².